The number of aromatic nitrogens is 1. The van der Waals surface area contributed by atoms with Crippen molar-refractivity contribution in [2.75, 3.05) is 26.2 Å². The lowest BCUT2D eigenvalue weighted by molar-refractivity contribution is -0.165. The van der Waals surface area contributed by atoms with Gasteiger partial charge < -0.3 is 34.8 Å². The first-order valence-corrected chi connectivity index (χ1v) is 18.0. The molecular formula is C41H46F5N3O8. The Labute approximate surface area is 326 Å². The summed E-state index contributed by atoms with van der Waals surface area (Å²) in [4.78, 5) is 50.2. The number of aliphatic carboxylic acids is 2. The van der Waals surface area contributed by atoms with Crippen LogP contribution in [0, 0.1) is 25.5 Å². The van der Waals surface area contributed by atoms with Crippen LogP contribution in [0.4, 0.5) is 22.0 Å². The minimum Gasteiger partial charge on any atom is -0.479 e. The van der Waals surface area contributed by atoms with Gasteiger partial charge in [-0.15, -0.1) is 0 Å². The average Bonchev–Trinajstić information content (AvgIpc) is 3.18. The third-order valence-electron chi connectivity index (χ3n) is 9.55. The molecule has 0 bridgehead atoms. The van der Waals surface area contributed by atoms with Gasteiger partial charge in [0.1, 0.15) is 6.54 Å². The summed E-state index contributed by atoms with van der Waals surface area (Å²) in [6.45, 7) is 10.6. The first-order valence-electron chi connectivity index (χ1n) is 18.0. The molecule has 0 aliphatic carbocycles. The minimum atomic E-state index is -4.41. The van der Waals surface area contributed by atoms with Crippen LogP contribution in [0.15, 0.2) is 77.6 Å². The summed E-state index contributed by atoms with van der Waals surface area (Å²) in [6, 6.07) is 17.8. The number of likely N-dealkylation sites (N-methyl/N-ethyl adjacent to an activating group) is 1. The van der Waals surface area contributed by atoms with Gasteiger partial charge in [0.05, 0.1) is 5.56 Å². The maximum Gasteiger partial charge on any atom is 0.416 e. The lowest BCUT2D eigenvalue weighted by Crippen LogP contribution is -2.40. The Bertz CT molecular complexity index is 2030. The molecule has 57 heavy (non-hydrogen) atoms. The number of carbonyl (C=O) groups excluding carboxylic acids is 1. The SMILES string of the molecule is CCN(CC)CCN(Cc1ccc(-c2ccc(C(F)(F)F)cc2)cc1)C(=O)Cn1c(CCc2cccc(F)c2F)cc(=O)c(C)c1C.O=C(O)[C@H](O)[C@@H](O)C(=O)O. The van der Waals surface area contributed by atoms with E-state index in [1.165, 1.54) is 30.3 Å². The fraction of sp³-hybridized carbons (Fsp3) is 0.366. The monoisotopic (exact) mass is 803 g/mol. The van der Waals surface area contributed by atoms with E-state index in [1.54, 1.807) is 23.3 Å². The van der Waals surface area contributed by atoms with Gasteiger partial charge in [-0.3, -0.25) is 9.59 Å². The second-order valence-corrected chi connectivity index (χ2v) is 13.2. The number of alkyl halides is 3. The predicted molar refractivity (Wildman–Crippen MR) is 201 cm³/mol. The smallest absolute Gasteiger partial charge is 0.416 e. The Morgan fingerprint density at radius 2 is 1.33 bits per heavy atom. The zero-order valence-corrected chi connectivity index (χ0v) is 31.9. The lowest BCUT2D eigenvalue weighted by Gasteiger charge is -2.28. The number of halogens is 5. The zero-order chi connectivity index (χ0) is 42.6. The quantitative estimate of drug-likeness (QED) is 0.108. The summed E-state index contributed by atoms with van der Waals surface area (Å²) in [6.07, 6.45) is -8.56. The van der Waals surface area contributed by atoms with E-state index in [4.69, 9.17) is 20.4 Å². The second-order valence-electron chi connectivity index (χ2n) is 13.2. The number of carbonyl (C=O) groups is 3. The molecule has 1 heterocycles. The molecule has 0 saturated heterocycles. The van der Waals surface area contributed by atoms with E-state index in [0.717, 1.165) is 42.4 Å². The molecule has 11 nitrogen and oxygen atoms in total. The predicted octanol–water partition coefficient (Wildman–Crippen LogP) is 5.46. The highest BCUT2D eigenvalue weighted by Crippen LogP contribution is 2.31. The number of rotatable bonds is 16. The summed E-state index contributed by atoms with van der Waals surface area (Å²) >= 11 is 0. The first-order chi connectivity index (χ1) is 26.8. The normalized spacial score (nSPS) is 12.4. The van der Waals surface area contributed by atoms with Crippen LogP contribution in [-0.2, 0) is 46.5 Å². The van der Waals surface area contributed by atoms with Crippen LogP contribution in [0.1, 0.15) is 47.5 Å². The van der Waals surface area contributed by atoms with E-state index in [9.17, 15) is 41.1 Å². The Kier molecular flexibility index (Phi) is 16.6. The van der Waals surface area contributed by atoms with Gasteiger partial charge >= 0.3 is 18.1 Å². The van der Waals surface area contributed by atoms with Gasteiger partial charge in [-0.05, 0) is 80.2 Å². The van der Waals surface area contributed by atoms with E-state index < -0.39 is 47.5 Å². The van der Waals surface area contributed by atoms with Gasteiger partial charge in [0.25, 0.3) is 0 Å². The number of amides is 1. The van der Waals surface area contributed by atoms with Crippen molar-refractivity contribution in [2.24, 2.45) is 0 Å². The minimum absolute atomic E-state index is 0.0458. The van der Waals surface area contributed by atoms with Crippen molar-refractivity contribution < 1.29 is 56.8 Å². The fourth-order valence-corrected chi connectivity index (χ4v) is 5.84. The molecule has 0 aliphatic rings. The molecule has 4 N–H and O–H groups in total. The summed E-state index contributed by atoms with van der Waals surface area (Å²) in [7, 11) is 0. The van der Waals surface area contributed by atoms with Crippen molar-refractivity contribution in [3.63, 3.8) is 0 Å². The molecule has 308 valence electrons. The largest absolute Gasteiger partial charge is 0.479 e. The third-order valence-corrected chi connectivity index (χ3v) is 9.55. The molecule has 0 unspecified atom stereocenters. The first kappa shape index (κ1) is 45.9. The number of aliphatic hydroxyl groups is 2. The maximum atomic E-state index is 14.4. The van der Waals surface area contributed by atoms with Crippen molar-refractivity contribution in [1.82, 2.24) is 14.4 Å². The highest BCUT2D eigenvalue weighted by atomic mass is 19.4. The van der Waals surface area contributed by atoms with Crippen molar-refractivity contribution >= 4 is 17.8 Å². The molecule has 4 rings (SSSR count). The molecule has 16 heteroatoms. The standard InChI is InChI=1S/C37H40F5N3O2.C4H6O6/c1-5-43(6-2)20-21-44(23-27-10-12-28(13-11-27)29-14-17-31(18-15-29)37(40,41)42)35(47)24-45-26(4)25(3)34(46)22-32(45)19-16-30-8-7-9-33(38)36(30)39;5-1(3(7)8)2(6)4(9)10/h7-15,17-18,22H,5-6,16,19-21,23-24H2,1-4H3;1-2,5-6H,(H,7,8)(H,9,10)/t;1-,2-/m.1/s1. The van der Waals surface area contributed by atoms with Gasteiger partial charge in [0.2, 0.25) is 5.91 Å². The molecule has 0 radical (unpaired) electrons. The van der Waals surface area contributed by atoms with Gasteiger partial charge in [-0.1, -0.05) is 62.4 Å². The number of benzene rings is 3. The number of carboxylic acids is 2. The van der Waals surface area contributed by atoms with Crippen LogP contribution in [0.25, 0.3) is 11.1 Å². The van der Waals surface area contributed by atoms with Crippen LogP contribution < -0.4 is 5.43 Å². The van der Waals surface area contributed by atoms with Crippen molar-refractivity contribution in [3.8, 4) is 11.1 Å². The zero-order valence-electron chi connectivity index (χ0n) is 31.9. The topological polar surface area (TPSA) is 161 Å². The number of aryl methyl sites for hydroxylation is 2. The van der Waals surface area contributed by atoms with Crippen LogP contribution >= 0.6 is 0 Å². The fourth-order valence-electron chi connectivity index (χ4n) is 5.84. The number of hydrogen-bond donors (Lipinski definition) is 4. The average molecular weight is 804 g/mol. The third kappa shape index (κ3) is 12.8. The number of pyridine rings is 1. The Morgan fingerprint density at radius 1 is 0.789 bits per heavy atom. The van der Waals surface area contributed by atoms with Crippen LogP contribution in [-0.4, -0.2) is 91.0 Å². The molecular weight excluding hydrogens is 757 g/mol. The van der Waals surface area contributed by atoms with E-state index >= 15 is 0 Å². The number of carboxylic acid groups (broad SMARTS) is 2. The lowest BCUT2D eigenvalue weighted by atomic mass is 10.0. The molecule has 0 saturated carbocycles. The Morgan fingerprint density at radius 3 is 1.84 bits per heavy atom. The van der Waals surface area contributed by atoms with E-state index in [1.807, 2.05) is 24.3 Å². The highest BCUT2D eigenvalue weighted by molar-refractivity contribution is 5.83. The van der Waals surface area contributed by atoms with Gasteiger partial charge in [-0.2, -0.15) is 13.2 Å². The summed E-state index contributed by atoms with van der Waals surface area (Å²) in [5.74, 6) is -5.57. The van der Waals surface area contributed by atoms with Gasteiger partial charge in [0.15, 0.2) is 29.3 Å². The van der Waals surface area contributed by atoms with Gasteiger partial charge in [0, 0.05) is 42.7 Å². The Hall–Kier alpha value is -5.45. The van der Waals surface area contributed by atoms with Crippen LogP contribution in [0.3, 0.4) is 0 Å². The molecule has 3 aromatic carbocycles. The van der Waals surface area contributed by atoms with E-state index in [2.05, 4.69) is 18.7 Å². The van der Waals surface area contributed by atoms with Crippen molar-refractivity contribution in [3.05, 3.63) is 128 Å². The van der Waals surface area contributed by atoms with E-state index in [-0.39, 0.29) is 36.3 Å². The molecule has 0 aliphatic heterocycles. The summed E-state index contributed by atoms with van der Waals surface area (Å²) in [5, 5.41) is 32.5. The molecule has 4 aromatic rings. The van der Waals surface area contributed by atoms with Crippen molar-refractivity contribution in [1.29, 1.82) is 0 Å². The molecule has 1 aromatic heterocycles. The molecule has 0 fully saturated rings. The maximum absolute atomic E-state index is 14.4. The number of hydrogen-bond acceptors (Lipinski definition) is 7. The number of nitrogens with zero attached hydrogens (tertiary/aromatic N) is 3. The molecule has 0 spiro atoms. The molecule has 2 atom stereocenters. The summed E-state index contributed by atoms with van der Waals surface area (Å²) in [5.41, 5.74) is 3.23. The van der Waals surface area contributed by atoms with Crippen LogP contribution in [0.2, 0.25) is 0 Å². The van der Waals surface area contributed by atoms with E-state index in [0.29, 0.717) is 42.1 Å². The highest BCUT2D eigenvalue weighted by Gasteiger charge is 2.30. The second kappa shape index (κ2) is 20.6. The van der Waals surface area contributed by atoms with Gasteiger partial charge in [-0.25, -0.2) is 18.4 Å². The van der Waals surface area contributed by atoms with Crippen LogP contribution in [0.5, 0.6) is 0 Å². The Balaban J connectivity index is 0.000000766. The summed E-state index contributed by atoms with van der Waals surface area (Å²) < 4.78 is 69.0. The van der Waals surface area contributed by atoms with Crippen molar-refractivity contribution in [2.45, 2.75) is 72.0 Å². The number of aliphatic hydroxyl groups excluding tert-OH is 2. The molecule has 1 amide bonds.